The van der Waals surface area contributed by atoms with Crippen molar-refractivity contribution in [2.24, 2.45) is 5.73 Å². The number of nitrogens with two attached hydrogens (primary N) is 1. The highest BCUT2D eigenvalue weighted by molar-refractivity contribution is 7.21. The molecule has 0 aliphatic carbocycles. The third kappa shape index (κ3) is 4.43. The number of benzene rings is 1. The van der Waals surface area contributed by atoms with E-state index in [4.69, 9.17) is 5.73 Å². The molecule has 0 fully saturated rings. The fraction of sp³-hybridized carbons (Fsp3) is 0.0870. The molecule has 2 amide bonds. The molecule has 0 aliphatic heterocycles. The standard InChI is InChI=1S/C23H16F3N7O2S/c24-23(25,26)16-11-14(13-5-2-1-3-6-13)17-18(19(20(27)34)36-22(17)29-16)30-21(35)15-7-10-33(31-15)12-32-9-4-8-28-32/h1-11H,12H2,(H2,27,34)(H,30,35). The number of carbonyl (C=O) groups is 2. The lowest BCUT2D eigenvalue weighted by Gasteiger charge is -2.12. The normalized spacial score (nSPS) is 11.6. The predicted octanol–water partition coefficient (Wildman–Crippen LogP) is 4.23. The number of anilines is 1. The van der Waals surface area contributed by atoms with E-state index in [-0.39, 0.29) is 38.7 Å². The second-order valence-electron chi connectivity index (χ2n) is 7.65. The smallest absolute Gasteiger partial charge is 0.365 e. The molecule has 5 aromatic rings. The summed E-state index contributed by atoms with van der Waals surface area (Å²) in [5.74, 6) is -1.58. The average molecular weight is 511 g/mol. The van der Waals surface area contributed by atoms with Crippen LogP contribution in [0.5, 0.6) is 0 Å². The second kappa shape index (κ2) is 8.92. The van der Waals surface area contributed by atoms with Crippen molar-refractivity contribution >= 4 is 39.1 Å². The Hall–Kier alpha value is -4.52. The number of nitrogens with zero attached hydrogens (tertiary/aromatic N) is 5. The van der Waals surface area contributed by atoms with Crippen LogP contribution in [0.1, 0.15) is 25.9 Å². The first-order valence-electron chi connectivity index (χ1n) is 10.4. The average Bonchev–Trinajstić information content (AvgIpc) is 3.59. The van der Waals surface area contributed by atoms with Crippen molar-refractivity contribution in [3.8, 4) is 11.1 Å². The Balaban J connectivity index is 1.60. The zero-order chi connectivity index (χ0) is 25.4. The molecule has 36 heavy (non-hydrogen) atoms. The predicted molar refractivity (Wildman–Crippen MR) is 126 cm³/mol. The van der Waals surface area contributed by atoms with Gasteiger partial charge in [-0.05, 0) is 29.3 Å². The van der Waals surface area contributed by atoms with Crippen LogP contribution in [0, 0.1) is 0 Å². The Kier molecular flexibility index (Phi) is 5.76. The zero-order valence-electron chi connectivity index (χ0n) is 18.2. The summed E-state index contributed by atoms with van der Waals surface area (Å²) in [5.41, 5.74) is 5.01. The van der Waals surface area contributed by atoms with Crippen molar-refractivity contribution in [2.45, 2.75) is 12.8 Å². The van der Waals surface area contributed by atoms with Gasteiger partial charge < -0.3 is 11.1 Å². The molecule has 0 saturated heterocycles. The minimum atomic E-state index is -4.72. The van der Waals surface area contributed by atoms with Crippen LogP contribution in [0.2, 0.25) is 0 Å². The molecule has 0 atom stereocenters. The Morgan fingerprint density at radius 1 is 1.06 bits per heavy atom. The Morgan fingerprint density at radius 2 is 1.83 bits per heavy atom. The van der Waals surface area contributed by atoms with Crippen LogP contribution in [0.15, 0.2) is 67.1 Å². The van der Waals surface area contributed by atoms with Crippen LogP contribution in [0.4, 0.5) is 18.9 Å². The van der Waals surface area contributed by atoms with E-state index < -0.39 is 23.7 Å². The fourth-order valence-corrected chi connectivity index (χ4v) is 4.66. The van der Waals surface area contributed by atoms with E-state index >= 15 is 0 Å². The number of amides is 2. The summed E-state index contributed by atoms with van der Waals surface area (Å²) in [6, 6.07) is 12.4. The third-order valence-electron chi connectivity index (χ3n) is 5.22. The quantitative estimate of drug-likeness (QED) is 0.353. The molecular weight excluding hydrogens is 495 g/mol. The molecule has 0 radical (unpaired) electrons. The number of fused-ring (bicyclic) bond motifs is 1. The molecule has 0 spiro atoms. The molecule has 0 bridgehead atoms. The Labute approximate surface area is 205 Å². The first-order chi connectivity index (χ1) is 17.2. The minimum Gasteiger partial charge on any atom is -0.365 e. The number of carbonyl (C=O) groups excluding carboxylic acids is 2. The highest BCUT2D eigenvalue weighted by Gasteiger charge is 2.35. The lowest BCUT2D eigenvalue weighted by atomic mass is 10.0. The van der Waals surface area contributed by atoms with Gasteiger partial charge in [-0.3, -0.25) is 19.0 Å². The molecule has 3 N–H and O–H groups in total. The van der Waals surface area contributed by atoms with Crippen LogP contribution in [0.25, 0.3) is 21.3 Å². The summed E-state index contributed by atoms with van der Waals surface area (Å²) >= 11 is 0.679. The molecule has 182 valence electrons. The lowest BCUT2D eigenvalue weighted by Crippen LogP contribution is -2.18. The molecule has 0 saturated carbocycles. The second-order valence-corrected chi connectivity index (χ2v) is 8.65. The van der Waals surface area contributed by atoms with Gasteiger partial charge in [-0.1, -0.05) is 30.3 Å². The van der Waals surface area contributed by atoms with Crippen molar-refractivity contribution in [3.63, 3.8) is 0 Å². The van der Waals surface area contributed by atoms with E-state index in [1.165, 1.54) is 10.7 Å². The summed E-state index contributed by atoms with van der Waals surface area (Å²) in [5, 5.41) is 11.1. The highest BCUT2D eigenvalue weighted by atomic mass is 32.1. The van der Waals surface area contributed by atoms with E-state index in [9.17, 15) is 22.8 Å². The van der Waals surface area contributed by atoms with Gasteiger partial charge in [0.15, 0.2) is 5.69 Å². The van der Waals surface area contributed by atoms with E-state index in [1.54, 1.807) is 59.7 Å². The number of hydrogen-bond acceptors (Lipinski definition) is 6. The molecule has 1 aromatic carbocycles. The topological polar surface area (TPSA) is 121 Å². The van der Waals surface area contributed by atoms with Gasteiger partial charge in [0, 0.05) is 24.0 Å². The summed E-state index contributed by atoms with van der Waals surface area (Å²) < 4.78 is 43.9. The van der Waals surface area contributed by atoms with Crippen LogP contribution in [-0.4, -0.2) is 36.4 Å². The molecule has 5 rings (SSSR count). The maximum absolute atomic E-state index is 13.6. The number of aromatic nitrogens is 5. The van der Waals surface area contributed by atoms with E-state index in [1.807, 2.05) is 0 Å². The van der Waals surface area contributed by atoms with Gasteiger partial charge in [-0.2, -0.15) is 23.4 Å². The van der Waals surface area contributed by atoms with Gasteiger partial charge in [0.2, 0.25) is 0 Å². The Bertz CT molecular complexity index is 1570. The van der Waals surface area contributed by atoms with Gasteiger partial charge >= 0.3 is 6.18 Å². The van der Waals surface area contributed by atoms with Crippen LogP contribution >= 0.6 is 11.3 Å². The minimum absolute atomic E-state index is 0.0193. The number of primary amides is 1. The number of alkyl halides is 3. The van der Waals surface area contributed by atoms with Crippen molar-refractivity contribution in [3.05, 3.63) is 83.4 Å². The fourth-order valence-electron chi connectivity index (χ4n) is 3.65. The third-order valence-corrected chi connectivity index (χ3v) is 6.32. The zero-order valence-corrected chi connectivity index (χ0v) is 19.0. The van der Waals surface area contributed by atoms with Gasteiger partial charge in [0.05, 0.1) is 5.69 Å². The maximum atomic E-state index is 13.6. The van der Waals surface area contributed by atoms with Crippen molar-refractivity contribution in [2.75, 3.05) is 5.32 Å². The number of halogens is 3. The first-order valence-corrected chi connectivity index (χ1v) is 11.2. The largest absolute Gasteiger partial charge is 0.433 e. The van der Waals surface area contributed by atoms with Gasteiger partial charge in [0.25, 0.3) is 11.8 Å². The number of rotatable bonds is 6. The molecule has 0 aliphatic rings. The monoisotopic (exact) mass is 511 g/mol. The number of pyridine rings is 1. The highest BCUT2D eigenvalue weighted by Crippen LogP contribution is 2.43. The van der Waals surface area contributed by atoms with Gasteiger partial charge in [-0.15, -0.1) is 11.3 Å². The van der Waals surface area contributed by atoms with Crippen LogP contribution in [0.3, 0.4) is 0 Å². The van der Waals surface area contributed by atoms with E-state index in [0.29, 0.717) is 16.9 Å². The summed E-state index contributed by atoms with van der Waals surface area (Å²) in [7, 11) is 0. The molecule has 4 aromatic heterocycles. The van der Waals surface area contributed by atoms with Crippen LogP contribution in [-0.2, 0) is 12.8 Å². The van der Waals surface area contributed by atoms with E-state index in [2.05, 4.69) is 20.5 Å². The number of nitrogens with one attached hydrogen (secondary N) is 1. The summed E-state index contributed by atoms with van der Waals surface area (Å²) in [6.45, 7) is 0.260. The Morgan fingerprint density at radius 3 is 2.50 bits per heavy atom. The SMILES string of the molecule is NC(=O)c1sc2nc(C(F)(F)F)cc(-c3ccccc3)c2c1NC(=O)c1ccn(Cn2cccn2)n1. The lowest BCUT2D eigenvalue weighted by molar-refractivity contribution is -0.140. The molecular formula is C23H16F3N7O2S. The van der Waals surface area contributed by atoms with Crippen molar-refractivity contribution in [1.29, 1.82) is 0 Å². The molecule has 9 nitrogen and oxygen atoms in total. The van der Waals surface area contributed by atoms with Gasteiger partial charge in [0.1, 0.15) is 22.1 Å². The molecule has 4 heterocycles. The molecule has 0 unspecified atom stereocenters. The summed E-state index contributed by atoms with van der Waals surface area (Å²) in [6.07, 6.45) is 0.182. The van der Waals surface area contributed by atoms with Crippen molar-refractivity contribution < 1.29 is 22.8 Å². The molecule has 13 heteroatoms. The first kappa shape index (κ1) is 23.2. The van der Waals surface area contributed by atoms with Gasteiger partial charge in [-0.25, -0.2) is 4.98 Å². The maximum Gasteiger partial charge on any atom is 0.433 e. The van der Waals surface area contributed by atoms with E-state index in [0.717, 1.165) is 6.07 Å². The number of hydrogen-bond donors (Lipinski definition) is 2. The van der Waals surface area contributed by atoms with Crippen LogP contribution < -0.4 is 11.1 Å². The number of thiophene rings is 1. The summed E-state index contributed by atoms with van der Waals surface area (Å²) in [4.78, 5) is 28.8. The van der Waals surface area contributed by atoms with Crippen molar-refractivity contribution in [1.82, 2.24) is 24.5 Å².